The molecule has 0 radical (unpaired) electrons. The molecule has 4 nitrogen and oxygen atoms in total. The first-order valence-corrected chi connectivity index (χ1v) is 6.43. The van der Waals surface area contributed by atoms with Crippen molar-refractivity contribution in [3.05, 3.63) is 22.4 Å². The molecular weight excluding hydrogens is 260 g/mol. The molecule has 1 aromatic rings. The van der Waals surface area contributed by atoms with Gasteiger partial charge in [-0.2, -0.15) is 11.3 Å². The first kappa shape index (κ1) is 14.4. The van der Waals surface area contributed by atoms with Crippen molar-refractivity contribution in [1.82, 2.24) is 10.6 Å². The number of aliphatic hydroxyl groups is 1. The number of hydrogen-bond acceptors (Lipinski definition) is 4. The second-order valence-corrected chi connectivity index (χ2v) is 4.75. The van der Waals surface area contributed by atoms with Crippen LogP contribution in [0.5, 0.6) is 0 Å². The van der Waals surface area contributed by atoms with Gasteiger partial charge in [0.15, 0.2) is 0 Å². The highest BCUT2D eigenvalue weighted by Crippen LogP contribution is 2.15. The highest BCUT2D eigenvalue weighted by atomic mass is 35.5. The van der Waals surface area contributed by atoms with E-state index in [9.17, 15) is 9.90 Å². The maximum Gasteiger partial charge on any atom is 0.237 e. The molecule has 0 spiro atoms. The molecule has 2 atom stereocenters. The predicted molar refractivity (Wildman–Crippen MR) is 70.6 cm³/mol. The number of halogens is 1. The van der Waals surface area contributed by atoms with Gasteiger partial charge in [0.1, 0.15) is 0 Å². The molecule has 17 heavy (non-hydrogen) atoms. The monoisotopic (exact) mass is 276 g/mol. The van der Waals surface area contributed by atoms with E-state index < -0.39 is 6.10 Å². The van der Waals surface area contributed by atoms with Crippen LogP contribution < -0.4 is 10.6 Å². The Morgan fingerprint density at radius 3 is 3.12 bits per heavy atom. The average Bonchev–Trinajstić information content (AvgIpc) is 2.95. The molecule has 1 saturated heterocycles. The van der Waals surface area contributed by atoms with E-state index in [0.29, 0.717) is 0 Å². The van der Waals surface area contributed by atoms with E-state index >= 15 is 0 Å². The number of aliphatic hydroxyl groups excluding tert-OH is 1. The number of amides is 1. The summed E-state index contributed by atoms with van der Waals surface area (Å²) in [5.41, 5.74) is 0.865. The lowest BCUT2D eigenvalue weighted by atomic mass is 10.2. The standard InChI is InChI=1S/C11H16N2O2S.ClH/c14-10(8-3-5-16-7-8)6-13-11(15)9-2-1-4-12-9;/h3,5,7,9-10,12,14H,1-2,4,6H2,(H,13,15);1H. The third-order valence-electron chi connectivity index (χ3n) is 2.77. The summed E-state index contributed by atoms with van der Waals surface area (Å²) in [7, 11) is 0. The van der Waals surface area contributed by atoms with Crippen LogP contribution in [0.2, 0.25) is 0 Å². The molecule has 2 unspecified atom stereocenters. The molecule has 1 aliphatic heterocycles. The smallest absolute Gasteiger partial charge is 0.237 e. The Bertz CT molecular complexity index is 339. The van der Waals surface area contributed by atoms with Gasteiger partial charge in [0.2, 0.25) is 5.91 Å². The minimum absolute atomic E-state index is 0. The van der Waals surface area contributed by atoms with Crippen LogP contribution >= 0.6 is 23.7 Å². The fraction of sp³-hybridized carbons (Fsp3) is 0.545. The SMILES string of the molecule is Cl.O=C(NCC(O)c1ccsc1)C1CCCN1. The van der Waals surface area contributed by atoms with E-state index in [0.717, 1.165) is 24.9 Å². The second-order valence-electron chi connectivity index (χ2n) is 3.97. The number of nitrogens with one attached hydrogen (secondary N) is 2. The van der Waals surface area contributed by atoms with E-state index in [-0.39, 0.29) is 30.9 Å². The van der Waals surface area contributed by atoms with Crippen molar-refractivity contribution in [2.45, 2.75) is 25.0 Å². The Morgan fingerprint density at radius 1 is 1.71 bits per heavy atom. The predicted octanol–water partition coefficient (Wildman–Crippen LogP) is 1.07. The average molecular weight is 277 g/mol. The Balaban J connectivity index is 0.00000144. The number of carbonyl (C=O) groups excluding carboxylic acids is 1. The Morgan fingerprint density at radius 2 is 2.53 bits per heavy atom. The summed E-state index contributed by atoms with van der Waals surface area (Å²) >= 11 is 1.54. The molecule has 1 amide bonds. The van der Waals surface area contributed by atoms with Crippen LogP contribution in [0.1, 0.15) is 24.5 Å². The fourth-order valence-corrected chi connectivity index (χ4v) is 2.52. The van der Waals surface area contributed by atoms with Crippen molar-refractivity contribution in [3.63, 3.8) is 0 Å². The van der Waals surface area contributed by atoms with Gasteiger partial charge in [-0.25, -0.2) is 0 Å². The highest BCUT2D eigenvalue weighted by molar-refractivity contribution is 7.07. The van der Waals surface area contributed by atoms with Gasteiger partial charge in [-0.15, -0.1) is 12.4 Å². The van der Waals surface area contributed by atoms with Gasteiger partial charge < -0.3 is 15.7 Å². The van der Waals surface area contributed by atoms with Crippen molar-refractivity contribution in [2.24, 2.45) is 0 Å². The van der Waals surface area contributed by atoms with Gasteiger partial charge in [-0.3, -0.25) is 4.79 Å². The minimum atomic E-state index is -0.600. The van der Waals surface area contributed by atoms with Crippen LogP contribution in [0.3, 0.4) is 0 Å². The molecule has 0 aliphatic carbocycles. The van der Waals surface area contributed by atoms with Crippen LogP contribution in [-0.2, 0) is 4.79 Å². The van der Waals surface area contributed by atoms with E-state index in [1.807, 2.05) is 16.8 Å². The molecule has 0 saturated carbocycles. The molecule has 1 fully saturated rings. The molecule has 6 heteroatoms. The molecule has 1 aromatic heterocycles. The summed E-state index contributed by atoms with van der Waals surface area (Å²) in [4.78, 5) is 11.6. The summed E-state index contributed by atoms with van der Waals surface area (Å²) in [6, 6.07) is 1.80. The zero-order chi connectivity index (χ0) is 11.4. The lowest BCUT2D eigenvalue weighted by molar-refractivity contribution is -0.123. The van der Waals surface area contributed by atoms with Crippen molar-refractivity contribution >= 4 is 29.7 Å². The summed E-state index contributed by atoms with van der Waals surface area (Å²) in [6.07, 6.45) is 1.34. The van der Waals surface area contributed by atoms with Crippen LogP contribution in [0.25, 0.3) is 0 Å². The zero-order valence-corrected chi connectivity index (χ0v) is 11.0. The first-order valence-electron chi connectivity index (χ1n) is 5.48. The van der Waals surface area contributed by atoms with Crippen molar-refractivity contribution < 1.29 is 9.90 Å². The summed E-state index contributed by atoms with van der Waals surface area (Å²) in [5, 5.41) is 19.5. The second kappa shape index (κ2) is 6.96. The van der Waals surface area contributed by atoms with Crippen molar-refractivity contribution in [1.29, 1.82) is 0 Å². The fourth-order valence-electron chi connectivity index (χ4n) is 1.81. The number of hydrogen-bond donors (Lipinski definition) is 3. The zero-order valence-electron chi connectivity index (χ0n) is 9.39. The summed E-state index contributed by atoms with van der Waals surface area (Å²) < 4.78 is 0. The van der Waals surface area contributed by atoms with Crippen LogP contribution in [-0.4, -0.2) is 30.1 Å². The van der Waals surface area contributed by atoms with Crippen molar-refractivity contribution in [3.8, 4) is 0 Å². The third-order valence-corrected chi connectivity index (χ3v) is 3.48. The Hall–Kier alpha value is -0.620. The minimum Gasteiger partial charge on any atom is -0.387 e. The molecule has 1 aliphatic rings. The van der Waals surface area contributed by atoms with Gasteiger partial charge in [0.05, 0.1) is 12.1 Å². The molecule has 2 heterocycles. The van der Waals surface area contributed by atoms with E-state index in [1.165, 1.54) is 0 Å². The van der Waals surface area contributed by atoms with Gasteiger partial charge in [-0.1, -0.05) is 0 Å². The largest absolute Gasteiger partial charge is 0.387 e. The normalized spacial score (nSPS) is 20.6. The molecular formula is C11H17ClN2O2S. The lowest BCUT2D eigenvalue weighted by Crippen LogP contribution is -2.41. The number of thiophene rings is 1. The van der Waals surface area contributed by atoms with Gasteiger partial charge in [0, 0.05) is 6.54 Å². The topological polar surface area (TPSA) is 61.4 Å². The number of rotatable bonds is 4. The van der Waals surface area contributed by atoms with E-state index in [4.69, 9.17) is 0 Å². The van der Waals surface area contributed by atoms with E-state index in [1.54, 1.807) is 11.3 Å². The Kier molecular flexibility index (Phi) is 5.91. The van der Waals surface area contributed by atoms with Crippen molar-refractivity contribution in [2.75, 3.05) is 13.1 Å². The molecule has 0 aromatic carbocycles. The highest BCUT2D eigenvalue weighted by Gasteiger charge is 2.22. The Labute approximate surface area is 111 Å². The summed E-state index contributed by atoms with van der Waals surface area (Å²) in [6.45, 7) is 1.19. The van der Waals surface area contributed by atoms with Crippen LogP contribution in [0.15, 0.2) is 16.8 Å². The van der Waals surface area contributed by atoms with Gasteiger partial charge in [-0.05, 0) is 41.8 Å². The van der Waals surface area contributed by atoms with Gasteiger partial charge >= 0.3 is 0 Å². The maximum absolute atomic E-state index is 11.6. The number of carbonyl (C=O) groups is 1. The van der Waals surface area contributed by atoms with Gasteiger partial charge in [0.25, 0.3) is 0 Å². The maximum atomic E-state index is 11.6. The molecule has 0 bridgehead atoms. The molecule has 3 N–H and O–H groups in total. The first-order chi connectivity index (χ1) is 7.77. The summed E-state index contributed by atoms with van der Waals surface area (Å²) in [5.74, 6) is -0.00761. The third kappa shape index (κ3) is 3.96. The van der Waals surface area contributed by atoms with Crippen LogP contribution in [0, 0.1) is 0 Å². The molecule has 2 rings (SSSR count). The van der Waals surface area contributed by atoms with E-state index in [2.05, 4.69) is 10.6 Å². The molecule has 96 valence electrons. The lowest BCUT2D eigenvalue weighted by Gasteiger charge is -2.14. The van der Waals surface area contributed by atoms with Crippen LogP contribution in [0.4, 0.5) is 0 Å². The quantitative estimate of drug-likeness (QED) is 0.771.